The molecule has 0 aromatic carbocycles. The monoisotopic (exact) mass is 218 g/mol. The number of ether oxygens (including phenoxy) is 1. The van der Waals surface area contributed by atoms with Gasteiger partial charge in [0.1, 0.15) is 0 Å². The molecule has 0 N–H and O–H groups in total. The molecule has 0 aliphatic heterocycles. The third-order valence-electron chi connectivity index (χ3n) is 3.19. The number of rotatable bonds is 3. The van der Waals surface area contributed by atoms with E-state index < -0.39 is 0 Å². The fraction of sp³-hybridized carbons (Fsp3) is 1.00. The summed E-state index contributed by atoms with van der Waals surface area (Å²) in [4.78, 5) is 0. The van der Waals surface area contributed by atoms with Gasteiger partial charge in [-0.1, -0.05) is 15.9 Å². The maximum atomic E-state index is 5.26. The summed E-state index contributed by atoms with van der Waals surface area (Å²) >= 11 is 3.60. The average Bonchev–Trinajstić information content (AvgIpc) is 2.61. The first kappa shape index (κ1) is 8.06. The maximum Gasteiger partial charge on any atom is 0.0526 e. The van der Waals surface area contributed by atoms with Gasteiger partial charge in [-0.05, 0) is 31.1 Å². The summed E-state index contributed by atoms with van der Waals surface area (Å²) in [6.45, 7) is 0.950. The highest BCUT2D eigenvalue weighted by molar-refractivity contribution is 9.09. The third kappa shape index (κ3) is 1.35. The molecular formula is C9H15BrO. The Morgan fingerprint density at radius 3 is 2.55 bits per heavy atom. The molecule has 2 atom stereocenters. The van der Waals surface area contributed by atoms with Crippen LogP contribution in [0.2, 0.25) is 0 Å². The van der Waals surface area contributed by atoms with Crippen LogP contribution in [0.5, 0.6) is 0 Å². The predicted octanol–water partition coefficient (Wildman–Crippen LogP) is 2.44. The van der Waals surface area contributed by atoms with Gasteiger partial charge in [0.25, 0.3) is 0 Å². The van der Waals surface area contributed by atoms with E-state index in [1.54, 1.807) is 0 Å². The largest absolute Gasteiger partial charge is 0.384 e. The molecule has 2 aliphatic carbocycles. The minimum absolute atomic E-state index is 0.502. The predicted molar refractivity (Wildman–Crippen MR) is 48.9 cm³/mol. The minimum Gasteiger partial charge on any atom is -0.384 e. The van der Waals surface area contributed by atoms with Crippen molar-refractivity contribution in [1.29, 1.82) is 0 Å². The Kier molecular flexibility index (Phi) is 2.00. The molecular weight excluding hydrogens is 204 g/mol. The summed E-state index contributed by atoms with van der Waals surface area (Å²) in [5.74, 6) is 2.12. The van der Waals surface area contributed by atoms with Crippen molar-refractivity contribution in [3.05, 3.63) is 0 Å². The van der Waals surface area contributed by atoms with Crippen molar-refractivity contribution >= 4 is 15.9 Å². The van der Waals surface area contributed by atoms with Crippen molar-refractivity contribution in [1.82, 2.24) is 0 Å². The van der Waals surface area contributed by atoms with Gasteiger partial charge in [0.05, 0.1) is 6.61 Å². The molecule has 2 aliphatic rings. The number of fused-ring (bicyclic) bond motifs is 1. The Morgan fingerprint density at radius 2 is 2.09 bits per heavy atom. The standard InChI is InChI=1S/C9H15BrO/c1-11-6-9(5-10)3-7-2-8(7)4-9/h7-8H,2-6H2,1H3. The first-order chi connectivity index (χ1) is 5.29. The summed E-state index contributed by atoms with van der Waals surface area (Å²) in [5.41, 5.74) is 0.502. The van der Waals surface area contributed by atoms with Crippen molar-refractivity contribution < 1.29 is 4.74 Å². The number of halogens is 1. The number of methoxy groups -OCH3 is 1. The van der Waals surface area contributed by atoms with Crippen LogP contribution in [0.25, 0.3) is 0 Å². The molecule has 0 aromatic heterocycles. The molecule has 64 valence electrons. The molecule has 1 nitrogen and oxygen atoms in total. The van der Waals surface area contributed by atoms with E-state index in [1.807, 2.05) is 7.11 Å². The zero-order chi connectivity index (χ0) is 7.90. The van der Waals surface area contributed by atoms with Crippen LogP contribution >= 0.6 is 15.9 Å². The van der Waals surface area contributed by atoms with Crippen LogP contribution in [0, 0.1) is 17.3 Å². The van der Waals surface area contributed by atoms with Crippen molar-refractivity contribution in [2.75, 3.05) is 19.0 Å². The molecule has 0 bridgehead atoms. The fourth-order valence-corrected chi connectivity index (χ4v) is 3.20. The summed E-state index contributed by atoms with van der Waals surface area (Å²) in [6.07, 6.45) is 4.30. The van der Waals surface area contributed by atoms with Crippen LogP contribution in [0.3, 0.4) is 0 Å². The Morgan fingerprint density at radius 1 is 1.45 bits per heavy atom. The molecule has 2 unspecified atom stereocenters. The quantitative estimate of drug-likeness (QED) is 0.662. The molecule has 0 radical (unpaired) electrons. The van der Waals surface area contributed by atoms with Gasteiger partial charge in [-0.2, -0.15) is 0 Å². The number of alkyl halides is 1. The SMILES string of the molecule is COCC1(CBr)CC2CC2C1. The first-order valence-corrected chi connectivity index (χ1v) is 5.47. The van der Waals surface area contributed by atoms with Gasteiger partial charge in [0.2, 0.25) is 0 Å². The second-order valence-electron chi connectivity index (χ2n) is 4.23. The molecule has 0 spiro atoms. The van der Waals surface area contributed by atoms with Gasteiger partial charge in [-0.25, -0.2) is 0 Å². The Hall–Kier alpha value is 0.440. The zero-order valence-electron chi connectivity index (χ0n) is 6.98. The molecule has 2 fully saturated rings. The number of hydrogen-bond acceptors (Lipinski definition) is 1. The molecule has 0 saturated heterocycles. The van der Waals surface area contributed by atoms with Crippen LogP contribution < -0.4 is 0 Å². The van der Waals surface area contributed by atoms with Crippen LogP contribution in [0.15, 0.2) is 0 Å². The van der Waals surface area contributed by atoms with Crippen molar-refractivity contribution in [3.8, 4) is 0 Å². The number of hydrogen-bond donors (Lipinski definition) is 0. The van der Waals surface area contributed by atoms with Crippen molar-refractivity contribution in [2.45, 2.75) is 19.3 Å². The molecule has 0 aromatic rings. The van der Waals surface area contributed by atoms with Gasteiger partial charge < -0.3 is 4.74 Å². The molecule has 11 heavy (non-hydrogen) atoms. The van der Waals surface area contributed by atoms with Gasteiger partial charge >= 0.3 is 0 Å². The molecule has 2 heteroatoms. The second kappa shape index (κ2) is 2.74. The van der Waals surface area contributed by atoms with E-state index >= 15 is 0 Å². The highest BCUT2D eigenvalue weighted by Crippen LogP contribution is 2.60. The Balaban J connectivity index is 1.96. The fourth-order valence-electron chi connectivity index (χ4n) is 2.58. The van der Waals surface area contributed by atoms with Crippen LogP contribution in [0.1, 0.15) is 19.3 Å². The summed E-state index contributed by atoms with van der Waals surface area (Å²) in [5, 5.41) is 1.13. The smallest absolute Gasteiger partial charge is 0.0526 e. The summed E-state index contributed by atoms with van der Waals surface area (Å²) in [6, 6.07) is 0. The second-order valence-corrected chi connectivity index (χ2v) is 4.79. The minimum atomic E-state index is 0.502. The van der Waals surface area contributed by atoms with E-state index in [0.29, 0.717) is 5.41 Å². The molecule has 0 heterocycles. The Bertz CT molecular complexity index is 148. The molecule has 0 amide bonds. The molecule has 2 saturated carbocycles. The maximum absolute atomic E-state index is 5.26. The van der Waals surface area contributed by atoms with E-state index in [1.165, 1.54) is 19.3 Å². The van der Waals surface area contributed by atoms with Crippen molar-refractivity contribution in [3.63, 3.8) is 0 Å². The van der Waals surface area contributed by atoms with Crippen molar-refractivity contribution in [2.24, 2.45) is 17.3 Å². The van der Waals surface area contributed by atoms with E-state index in [-0.39, 0.29) is 0 Å². The van der Waals surface area contributed by atoms with E-state index in [9.17, 15) is 0 Å². The normalized spacial score (nSPS) is 47.5. The Labute approximate surface area is 76.6 Å². The van der Waals surface area contributed by atoms with E-state index in [4.69, 9.17) is 4.74 Å². The summed E-state index contributed by atoms with van der Waals surface area (Å²) < 4.78 is 5.26. The van der Waals surface area contributed by atoms with Gasteiger partial charge in [-0.15, -0.1) is 0 Å². The zero-order valence-corrected chi connectivity index (χ0v) is 8.56. The molecule has 2 rings (SSSR count). The lowest BCUT2D eigenvalue weighted by atomic mass is 9.86. The van der Waals surface area contributed by atoms with E-state index in [0.717, 1.165) is 23.8 Å². The van der Waals surface area contributed by atoms with Gasteiger partial charge in [0, 0.05) is 17.9 Å². The summed E-state index contributed by atoms with van der Waals surface area (Å²) in [7, 11) is 1.81. The lowest BCUT2D eigenvalue weighted by Gasteiger charge is -2.27. The highest BCUT2D eigenvalue weighted by Gasteiger charge is 2.53. The lowest BCUT2D eigenvalue weighted by Crippen LogP contribution is -2.26. The topological polar surface area (TPSA) is 9.23 Å². The van der Waals surface area contributed by atoms with Gasteiger partial charge in [-0.3, -0.25) is 0 Å². The van der Waals surface area contributed by atoms with Crippen LogP contribution in [-0.2, 0) is 4.74 Å². The third-order valence-corrected chi connectivity index (χ3v) is 4.38. The average molecular weight is 219 g/mol. The van der Waals surface area contributed by atoms with E-state index in [2.05, 4.69) is 15.9 Å². The van der Waals surface area contributed by atoms with Gasteiger partial charge in [0.15, 0.2) is 0 Å². The highest BCUT2D eigenvalue weighted by atomic mass is 79.9. The lowest BCUT2D eigenvalue weighted by molar-refractivity contribution is 0.0917. The van der Waals surface area contributed by atoms with Crippen LogP contribution in [-0.4, -0.2) is 19.0 Å². The van der Waals surface area contributed by atoms with Crippen LogP contribution in [0.4, 0.5) is 0 Å². The first-order valence-electron chi connectivity index (χ1n) is 4.34.